The molecule has 1 rings (SSSR count). The lowest BCUT2D eigenvalue weighted by Gasteiger charge is -1.97. The average Bonchev–Trinajstić information content (AvgIpc) is 2.29. The number of nitrogens with zero attached hydrogens (tertiary/aromatic N) is 1. The molecule has 0 fully saturated rings. The highest BCUT2D eigenvalue weighted by atomic mass is 127. The zero-order chi connectivity index (χ0) is 11.8. The van der Waals surface area contributed by atoms with Crippen molar-refractivity contribution < 1.29 is 4.79 Å². The molecule has 0 spiro atoms. The molecule has 0 aliphatic carbocycles. The van der Waals surface area contributed by atoms with Gasteiger partial charge in [0.15, 0.2) is 0 Å². The molecule has 0 aliphatic heterocycles. The van der Waals surface area contributed by atoms with Gasteiger partial charge in [0.1, 0.15) is 0 Å². The van der Waals surface area contributed by atoms with Gasteiger partial charge in [0.25, 0.3) is 0 Å². The maximum Gasteiger partial charge on any atom is 0.240 e. The summed E-state index contributed by atoms with van der Waals surface area (Å²) in [7, 11) is 0. The van der Waals surface area contributed by atoms with E-state index < -0.39 is 0 Å². The fourth-order valence-electron chi connectivity index (χ4n) is 1.12. The fraction of sp³-hybridized carbons (Fsp3) is 0.333. The minimum absolute atomic E-state index is 0.0244. The summed E-state index contributed by atoms with van der Waals surface area (Å²) < 4.78 is 1.18. The lowest BCUT2D eigenvalue weighted by Crippen LogP contribution is -2.16. The zero-order valence-electron chi connectivity index (χ0n) is 9.24. The summed E-state index contributed by atoms with van der Waals surface area (Å²) in [4.78, 5) is 11.2. The molecule has 0 radical (unpaired) electrons. The van der Waals surface area contributed by atoms with Crippen LogP contribution in [0.15, 0.2) is 29.4 Å². The van der Waals surface area contributed by atoms with Gasteiger partial charge in [-0.05, 0) is 46.7 Å². The molecule has 0 heterocycles. The van der Waals surface area contributed by atoms with Crippen LogP contribution in [0.1, 0.15) is 31.7 Å². The molecule has 0 atom stereocenters. The molecule has 1 aromatic rings. The van der Waals surface area contributed by atoms with E-state index in [0.29, 0.717) is 6.42 Å². The summed E-state index contributed by atoms with van der Waals surface area (Å²) in [5.74, 6) is -0.0244. The minimum atomic E-state index is -0.0244. The van der Waals surface area contributed by atoms with Crippen LogP contribution in [0.4, 0.5) is 0 Å². The first-order valence-corrected chi connectivity index (χ1v) is 6.37. The van der Waals surface area contributed by atoms with Crippen molar-refractivity contribution in [1.29, 1.82) is 0 Å². The Balaban J connectivity index is 2.37. The number of amides is 1. The van der Waals surface area contributed by atoms with Crippen LogP contribution in [-0.2, 0) is 4.79 Å². The van der Waals surface area contributed by atoms with Gasteiger partial charge < -0.3 is 0 Å². The van der Waals surface area contributed by atoms with Crippen LogP contribution in [-0.4, -0.2) is 12.1 Å². The highest BCUT2D eigenvalue weighted by molar-refractivity contribution is 14.1. The molecule has 3 nitrogen and oxygen atoms in total. The summed E-state index contributed by atoms with van der Waals surface area (Å²) in [6.07, 6.45) is 4.12. The van der Waals surface area contributed by atoms with E-state index in [2.05, 4.69) is 40.0 Å². The van der Waals surface area contributed by atoms with E-state index in [-0.39, 0.29) is 5.91 Å². The van der Waals surface area contributed by atoms with Crippen LogP contribution < -0.4 is 5.43 Å². The Morgan fingerprint density at radius 2 is 2.12 bits per heavy atom. The van der Waals surface area contributed by atoms with E-state index in [9.17, 15) is 4.79 Å². The Kier molecular flexibility index (Phi) is 6.07. The first-order valence-electron chi connectivity index (χ1n) is 5.30. The molecule has 0 bridgehead atoms. The zero-order valence-corrected chi connectivity index (χ0v) is 11.4. The van der Waals surface area contributed by atoms with E-state index in [1.54, 1.807) is 6.21 Å². The molecule has 1 aromatic carbocycles. The predicted octanol–water partition coefficient (Wildman–Crippen LogP) is 2.93. The Labute approximate surface area is 109 Å². The summed E-state index contributed by atoms with van der Waals surface area (Å²) in [5.41, 5.74) is 3.49. The van der Waals surface area contributed by atoms with Crippen molar-refractivity contribution in [3.05, 3.63) is 33.4 Å². The second-order valence-corrected chi connectivity index (χ2v) is 4.69. The maximum absolute atomic E-state index is 11.2. The van der Waals surface area contributed by atoms with Crippen molar-refractivity contribution in [1.82, 2.24) is 5.43 Å². The van der Waals surface area contributed by atoms with Gasteiger partial charge in [-0.25, -0.2) is 5.43 Å². The highest BCUT2D eigenvalue weighted by Crippen LogP contribution is 2.04. The molecule has 0 saturated heterocycles. The smallest absolute Gasteiger partial charge is 0.240 e. The lowest BCUT2D eigenvalue weighted by molar-refractivity contribution is -0.121. The number of carbonyl (C=O) groups is 1. The third kappa shape index (κ3) is 5.25. The summed E-state index contributed by atoms with van der Waals surface area (Å²) in [5, 5.41) is 3.90. The van der Waals surface area contributed by atoms with Crippen molar-refractivity contribution in [2.75, 3.05) is 0 Å². The SMILES string of the molecule is CCCCC(=O)N/N=C\c1ccc(I)cc1. The molecule has 86 valence electrons. The van der Waals surface area contributed by atoms with Crippen LogP contribution in [0.3, 0.4) is 0 Å². The molecular weight excluding hydrogens is 315 g/mol. The summed E-state index contributed by atoms with van der Waals surface area (Å²) >= 11 is 2.25. The number of hydrogen-bond donors (Lipinski definition) is 1. The number of hydrogen-bond acceptors (Lipinski definition) is 2. The molecule has 0 aromatic heterocycles. The van der Waals surface area contributed by atoms with Crippen LogP contribution in [0.5, 0.6) is 0 Å². The molecule has 4 heteroatoms. The van der Waals surface area contributed by atoms with Crippen molar-refractivity contribution in [3.63, 3.8) is 0 Å². The quantitative estimate of drug-likeness (QED) is 0.503. The number of rotatable bonds is 5. The monoisotopic (exact) mass is 330 g/mol. The minimum Gasteiger partial charge on any atom is -0.273 e. The Hall–Kier alpha value is -0.910. The number of nitrogens with one attached hydrogen (secondary N) is 1. The third-order valence-electron chi connectivity index (χ3n) is 2.03. The van der Waals surface area contributed by atoms with Crippen LogP contribution in [0, 0.1) is 3.57 Å². The average molecular weight is 330 g/mol. The first kappa shape index (κ1) is 13.2. The number of carbonyl (C=O) groups excluding carboxylic acids is 1. The molecule has 0 saturated carbocycles. The maximum atomic E-state index is 11.2. The number of benzene rings is 1. The van der Waals surface area contributed by atoms with Crippen LogP contribution in [0.2, 0.25) is 0 Å². The number of hydrazone groups is 1. The molecule has 16 heavy (non-hydrogen) atoms. The van der Waals surface area contributed by atoms with Crippen molar-refractivity contribution in [2.45, 2.75) is 26.2 Å². The lowest BCUT2D eigenvalue weighted by atomic mass is 10.2. The van der Waals surface area contributed by atoms with Crippen molar-refractivity contribution >= 4 is 34.7 Å². The first-order chi connectivity index (χ1) is 7.72. The Morgan fingerprint density at radius 1 is 1.44 bits per heavy atom. The van der Waals surface area contributed by atoms with Crippen LogP contribution in [0.25, 0.3) is 0 Å². The van der Waals surface area contributed by atoms with Gasteiger partial charge in [0.05, 0.1) is 6.21 Å². The van der Waals surface area contributed by atoms with Gasteiger partial charge in [0.2, 0.25) is 5.91 Å². The molecule has 1 amide bonds. The second kappa shape index (κ2) is 7.38. The summed E-state index contributed by atoms with van der Waals surface area (Å²) in [6.45, 7) is 2.06. The normalized spacial score (nSPS) is 10.6. The van der Waals surface area contributed by atoms with E-state index >= 15 is 0 Å². The predicted molar refractivity (Wildman–Crippen MR) is 74.4 cm³/mol. The van der Waals surface area contributed by atoms with E-state index in [0.717, 1.165) is 18.4 Å². The second-order valence-electron chi connectivity index (χ2n) is 3.45. The largest absolute Gasteiger partial charge is 0.273 e. The van der Waals surface area contributed by atoms with Gasteiger partial charge in [-0.15, -0.1) is 0 Å². The van der Waals surface area contributed by atoms with Gasteiger partial charge in [-0.3, -0.25) is 4.79 Å². The van der Waals surface area contributed by atoms with Gasteiger partial charge in [-0.2, -0.15) is 5.10 Å². The van der Waals surface area contributed by atoms with Crippen molar-refractivity contribution in [3.8, 4) is 0 Å². The molecular formula is C12H15IN2O. The number of unbranched alkanes of at least 4 members (excludes halogenated alkanes) is 1. The Bertz CT molecular complexity index is 360. The fourth-order valence-corrected chi connectivity index (χ4v) is 1.48. The number of halogens is 1. The Morgan fingerprint density at radius 3 is 2.75 bits per heavy atom. The third-order valence-corrected chi connectivity index (χ3v) is 2.75. The van der Waals surface area contributed by atoms with Crippen molar-refractivity contribution in [2.24, 2.45) is 5.10 Å². The van der Waals surface area contributed by atoms with E-state index in [1.807, 2.05) is 24.3 Å². The van der Waals surface area contributed by atoms with E-state index in [1.165, 1.54) is 3.57 Å². The summed E-state index contributed by atoms with van der Waals surface area (Å²) in [6, 6.07) is 7.93. The van der Waals surface area contributed by atoms with Gasteiger partial charge >= 0.3 is 0 Å². The molecule has 0 aliphatic rings. The van der Waals surface area contributed by atoms with Gasteiger partial charge in [0, 0.05) is 9.99 Å². The molecule has 1 N–H and O–H groups in total. The standard InChI is InChI=1S/C12H15IN2O/c1-2-3-4-12(16)15-14-9-10-5-7-11(13)8-6-10/h5-9H,2-4H2,1H3,(H,15,16)/b14-9-. The molecule has 0 unspecified atom stereocenters. The van der Waals surface area contributed by atoms with Crippen LogP contribution >= 0.6 is 22.6 Å². The van der Waals surface area contributed by atoms with E-state index in [4.69, 9.17) is 0 Å². The topological polar surface area (TPSA) is 41.5 Å². The van der Waals surface area contributed by atoms with Gasteiger partial charge in [-0.1, -0.05) is 25.5 Å². The highest BCUT2D eigenvalue weighted by Gasteiger charge is 1.96.